The van der Waals surface area contributed by atoms with Gasteiger partial charge in [0.25, 0.3) is 5.91 Å². The number of aromatic nitrogens is 2. The van der Waals surface area contributed by atoms with Crippen molar-refractivity contribution in [1.82, 2.24) is 14.9 Å². The van der Waals surface area contributed by atoms with E-state index < -0.39 is 0 Å². The lowest BCUT2D eigenvalue weighted by molar-refractivity contribution is 0.0238. The first-order valence-electron chi connectivity index (χ1n) is 8.75. The van der Waals surface area contributed by atoms with Crippen LogP contribution >= 0.6 is 0 Å². The Morgan fingerprint density at radius 1 is 1.29 bits per heavy atom. The van der Waals surface area contributed by atoms with E-state index >= 15 is 0 Å². The van der Waals surface area contributed by atoms with E-state index in [1.54, 1.807) is 12.4 Å². The molecule has 2 aromatic rings. The second-order valence-corrected chi connectivity index (χ2v) is 7.06. The quantitative estimate of drug-likeness (QED) is 0.856. The van der Waals surface area contributed by atoms with Crippen molar-refractivity contribution in [3.63, 3.8) is 0 Å². The fourth-order valence-electron chi connectivity index (χ4n) is 3.57. The van der Waals surface area contributed by atoms with Gasteiger partial charge in [-0.2, -0.15) is 0 Å². The summed E-state index contributed by atoms with van der Waals surface area (Å²) in [6, 6.07) is 8.35. The Bertz CT molecular complexity index is 702. The number of nitrogens with one attached hydrogen (secondary N) is 1. The lowest BCUT2D eigenvalue weighted by Crippen LogP contribution is -2.48. The number of pyridine rings is 1. The first-order chi connectivity index (χ1) is 11.7. The summed E-state index contributed by atoms with van der Waals surface area (Å²) in [6.45, 7) is 0. The summed E-state index contributed by atoms with van der Waals surface area (Å²) >= 11 is 0. The Labute approximate surface area is 141 Å². The second kappa shape index (κ2) is 6.40. The third kappa shape index (κ3) is 3.22. The zero-order valence-electron chi connectivity index (χ0n) is 13.6. The number of aliphatic hydroxyl groups excluding tert-OH is 1. The summed E-state index contributed by atoms with van der Waals surface area (Å²) in [4.78, 5) is 16.8. The molecule has 0 saturated heterocycles. The maximum absolute atomic E-state index is 12.8. The van der Waals surface area contributed by atoms with E-state index in [9.17, 15) is 9.90 Å². The van der Waals surface area contributed by atoms with Gasteiger partial charge in [0, 0.05) is 30.7 Å². The lowest BCUT2D eigenvalue weighted by Gasteiger charge is -2.38. The second-order valence-electron chi connectivity index (χ2n) is 7.06. The minimum Gasteiger partial charge on any atom is -0.393 e. The van der Waals surface area contributed by atoms with Crippen LogP contribution in [0.4, 0.5) is 0 Å². The summed E-state index contributed by atoms with van der Waals surface area (Å²) in [5.74, 6) is 0.328. The lowest BCUT2D eigenvalue weighted by atomic mass is 9.75. The van der Waals surface area contributed by atoms with Gasteiger partial charge in [0.15, 0.2) is 0 Å². The zero-order valence-corrected chi connectivity index (χ0v) is 13.6. The molecule has 0 unspecified atom stereocenters. The van der Waals surface area contributed by atoms with Crippen LogP contribution in [-0.2, 0) is 6.42 Å². The van der Waals surface area contributed by atoms with Crippen LogP contribution in [0, 0.1) is 5.92 Å². The molecule has 2 N–H and O–H groups in total. The van der Waals surface area contributed by atoms with E-state index in [-0.39, 0.29) is 18.1 Å². The Hall–Kier alpha value is -2.14. The SMILES string of the molecule is O=C(N[C@H](Cc1ccncc1)C1CC(O)C1)c1cccn1C1CC1. The Morgan fingerprint density at radius 2 is 2.04 bits per heavy atom. The normalized spacial score (nSPS) is 24.2. The van der Waals surface area contributed by atoms with E-state index in [0.29, 0.717) is 12.0 Å². The predicted molar refractivity (Wildman–Crippen MR) is 90.6 cm³/mol. The van der Waals surface area contributed by atoms with Gasteiger partial charge in [0.1, 0.15) is 5.69 Å². The zero-order chi connectivity index (χ0) is 16.5. The van der Waals surface area contributed by atoms with Gasteiger partial charge in [-0.05, 0) is 67.9 Å². The van der Waals surface area contributed by atoms with Crippen molar-refractivity contribution in [3.05, 3.63) is 54.1 Å². The molecule has 1 amide bonds. The van der Waals surface area contributed by atoms with Crippen molar-refractivity contribution in [1.29, 1.82) is 0 Å². The van der Waals surface area contributed by atoms with Crippen LogP contribution in [-0.4, -0.2) is 32.7 Å². The molecule has 5 heteroatoms. The molecule has 0 radical (unpaired) electrons. The number of nitrogens with zero attached hydrogens (tertiary/aromatic N) is 2. The molecule has 5 nitrogen and oxygen atoms in total. The largest absolute Gasteiger partial charge is 0.393 e. The van der Waals surface area contributed by atoms with Gasteiger partial charge in [-0.15, -0.1) is 0 Å². The Balaban J connectivity index is 1.48. The van der Waals surface area contributed by atoms with Gasteiger partial charge in [0.05, 0.1) is 6.10 Å². The van der Waals surface area contributed by atoms with E-state index in [1.165, 1.54) is 0 Å². The van der Waals surface area contributed by atoms with Crippen LogP contribution in [0.15, 0.2) is 42.9 Å². The number of aliphatic hydroxyl groups is 1. The van der Waals surface area contributed by atoms with E-state index in [1.807, 2.05) is 30.5 Å². The van der Waals surface area contributed by atoms with Crippen LogP contribution in [0.2, 0.25) is 0 Å². The summed E-state index contributed by atoms with van der Waals surface area (Å²) in [5.41, 5.74) is 1.91. The van der Waals surface area contributed by atoms with Crippen molar-refractivity contribution in [2.24, 2.45) is 5.92 Å². The van der Waals surface area contributed by atoms with Gasteiger partial charge in [0.2, 0.25) is 0 Å². The summed E-state index contributed by atoms with van der Waals surface area (Å²) in [6.07, 6.45) is 9.95. The van der Waals surface area contributed by atoms with E-state index in [0.717, 1.165) is 43.4 Å². The van der Waals surface area contributed by atoms with Crippen molar-refractivity contribution >= 4 is 5.91 Å². The molecular weight excluding hydrogens is 302 g/mol. The molecule has 1 atom stereocenters. The van der Waals surface area contributed by atoms with Crippen molar-refractivity contribution in [2.45, 2.75) is 50.3 Å². The van der Waals surface area contributed by atoms with Crippen molar-refractivity contribution in [2.75, 3.05) is 0 Å². The number of hydrogen-bond donors (Lipinski definition) is 2. The molecule has 24 heavy (non-hydrogen) atoms. The summed E-state index contributed by atoms with van der Waals surface area (Å²) < 4.78 is 2.09. The van der Waals surface area contributed by atoms with Crippen LogP contribution in [0.1, 0.15) is 47.8 Å². The van der Waals surface area contributed by atoms with Crippen LogP contribution < -0.4 is 5.32 Å². The molecule has 0 spiro atoms. The minimum atomic E-state index is -0.220. The number of carbonyl (C=O) groups excluding carboxylic acids is 1. The molecule has 2 aliphatic rings. The highest BCUT2D eigenvalue weighted by molar-refractivity contribution is 5.93. The Morgan fingerprint density at radius 3 is 2.71 bits per heavy atom. The fourth-order valence-corrected chi connectivity index (χ4v) is 3.57. The summed E-state index contributed by atoms with van der Waals surface area (Å²) in [7, 11) is 0. The van der Waals surface area contributed by atoms with Gasteiger partial charge in [-0.1, -0.05) is 0 Å². The smallest absolute Gasteiger partial charge is 0.268 e. The van der Waals surface area contributed by atoms with Crippen molar-refractivity contribution < 1.29 is 9.90 Å². The number of hydrogen-bond acceptors (Lipinski definition) is 3. The van der Waals surface area contributed by atoms with Crippen LogP contribution in [0.5, 0.6) is 0 Å². The molecule has 2 fully saturated rings. The fraction of sp³-hybridized carbons (Fsp3) is 0.474. The molecule has 2 saturated carbocycles. The van der Waals surface area contributed by atoms with Crippen molar-refractivity contribution in [3.8, 4) is 0 Å². The standard InChI is InChI=1S/C19H23N3O2/c23-16-11-14(12-16)17(10-13-5-7-20-8-6-13)21-19(24)18-2-1-9-22(18)15-3-4-15/h1-2,5-9,14-17,23H,3-4,10-12H2,(H,21,24)/t14?,16?,17-/m1/s1. The molecule has 2 aromatic heterocycles. The topological polar surface area (TPSA) is 67.2 Å². The summed E-state index contributed by atoms with van der Waals surface area (Å²) in [5, 5.41) is 12.9. The molecule has 0 bridgehead atoms. The van der Waals surface area contributed by atoms with Gasteiger partial charge in [-0.3, -0.25) is 9.78 Å². The predicted octanol–water partition coefficient (Wildman–Crippen LogP) is 2.33. The highest BCUT2D eigenvalue weighted by Crippen LogP contribution is 2.36. The Kier molecular flexibility index (Phi) is 4.10. The maximum atomic E-state index is 12.8. The minimum absolute atomic E-state index is 0.00709. The molecule has 2 aliphatic carbocycles. The first-order valence-corrected chi connectivity index (χ1v) is 8.75. The third-order valence-electron chi connectivity index (χ3n) is 5.19. The average molecular weight is 325 g/mol. The third-order valence-corrected chi connectivity index (χ3v) is 5.19. The van der Waals surface area contributed by atoms with Crippen LogP contribution in [0.25, 0.3) is 0 Å². The molecule has 4 rings (SSSR count). The van der Waals surface area contributed by atoms with Crippen LogP contribution in [0.3, 0.4) is 0 Å². The van der Waals surface area contributed by atoms with E-state index in [4.69, 9.17) is 0 Å². The average Bonchev–Trinajstić information content (AvgIpc) is 3.29. The number of amides is 1. The molecule has 0 aromatic carbocycles. The van der Waals surface area contributed by atoms with Gasteiger partial charge < -0.3 is 15.0 Å². The number of carbonyl (C=O) groups is 1. The van der Waals surface area contributed by atoms with Gasteiger partial charge >= 0.3 is 0 Å². The highest BCUT2D eigenvalue weighted by atomic mass is 16.3. The monoisotopic (exact) mass is 325 g/mol. The molecular formula is C19H23N3O2. The van der Waals surface area contributed by atoms with Gasteiger partial charge in [-0.25, -0.2) is 0 Å². The molecule has 126 valence electrons. The maximum Gasteiger partial charge on any atom is 0.268 e. The number of rotatable bonds is 6. The highest BCUT2D eigenvalue weighted by Gasteiger charge is 2.35. The molecule has 0 aliphatic heterocycles. The first kappa shape index (κ1) is 15.4. The van der Waals surface area contributed by atoms with E-state index in [2.05, 4.69) is 14.9 Å². The molecule has 2 heterocycles.